The van der Waals surface area contributed by atoms with Crippen LogP contribution in [-0.4, -0.2) is 17.4 Å². The van der Waals surface area contributed by atoms with Crippen LogP contribution >= 0.6 is 17.0 Å². The first-order valence-electron chi connectivity index (χ1n) is 7.95. The van der Waals surface area contributed by atoms with Crippen molar-refractivity contribution in [1.29, 1.82) is 0 Å². The molecular weight excluding hydrogens is 420 g/mol. The third-order valence-corrected chi connectivity index (χ3v) is 3.74. The van der Waals surface area contributed by atoms with E-state index in [1.165, 1.54) is 0 Å². The second-order valence-corrected chi connectivity index (χ2v) is 9.17. The Morgan fingerprint density at radius 3 is 2.25 bits per heavy atom. The summed E-state index contributed by atoms with van der Waals surface area (Å²) in [6.45, 7) is 6.31. The number of aryl methyl sites for hydroxylation is 1. The van der Waals surface area contributed by atoms with E-state index in [2.05, 4.69) is 18.8 Å². The van der Waals surface area contributed by atoms with Gasteiger partial charge in [0.2, 0.25) is 0 Å². The van der Waals surface area contributed by atoms with Crippen LogP contribution < -0.4 is 0 Å². The van der Waals surface area contributed by atoms with E-state index in [-0.39, 0.29) is 0 Å². The Morgan fingerprint density at radius 1 is 1.12 bits per heavy atom. The van der Waals surface area contributed by atoms with E-state index in [1.807, 2.05) is 55.6 Å². The number of hydrogen-bond donors (Lipinski definition) is 1. The second-order valence-electron chi connectivity index (χ2n) is 5.44. The van der Waals surface area contributed by atoms with Crippen molar-refractivity contribution in [3.05, 3.63) is 53.6 Å². The predicted octanol–water partition coefficient (Wildman–Crippen LogP) is 6.35. The van der Waals surface area contributed by atoms with Crippen molar-refractivity contribution in [3.8, 4) is 16.9 Å². The molecule has 0 bridgehead atoms. The first-order valence-corrected chi connectivity index (χ1v) is 14.3. The van der Waals surface area contributed by atoms with Crippen molar-refractivity contribution in [2.45, 2.75) is 39.7 Å². The van der Waals surface area contributed by atoms with E-state index in [9.17, 15) is 5.11 Å². The normalized spacial score (nSPS) is 10.6. The number of hydrogen-bond acceptors (Lipinski definition) is 2. The molecule has 0 fully saturated rings. The molecule has 0 spiro atoms. The van der Waals surface area contributed by atoms with Crippen molar-refractivity contribution in [3.63, 3.8) is 0 Å². The molecule has 24 heavy (non-hydrogen) atoms. The molecule has 1 N–H and O–H groups in total. The van der Waals surface area contributed by atoms with Gasteiger partial charge in [0.25, 0.3) is 0 Å². The molecule has 128 valence electrons. The van der Waals surface area contributed by atoms with Gasteiger partial charge in [-0.2, -0.15) is 0 Å². The van der Waals surface area contributed by atoms with Gasteiger partial charge >= 0.3 is 37.9 Å². The molecular formula is C19H23Cl2NOZr. The fourth-order valence-corrected chi connectivity index (χ4v) is 2.43. The van der Waals surface area contributed by atoms with Gasteiger partial charge in [-0.05, 0) is 43.0 Å². The van der Waals surface area contributed by atoms with E-state index in [4.69, 9.17) is 17.0 Å². The molecule has 0 saturated carbocycles. The van der Waals surface area contributed by atoms with E-state index in [0.717, 1.165) is 35.1 Å². The number of nitrogens with zero attached hydrogens (tertiary/aromatic N) is 1. The molecule has 5 heteroatoms. The zero-order chi connectivity index (χ0) is 17.9. The van der Waals surface area contributed by atoms with Gasteiger partial charge in [0.1, 0.15) is 5.75 Å². The SMILES string of the molecule is CCC(CC)N=Cc1cc(C)cc(-c2ccccc2)c1O.[Cl][Zr][Cl]. The standard InChI is InChI=1S/C19H23NO.2ClH.Zr/c1-4-17(5-2)20-13-16-11-14(3)12-18(19(16)21)15-9-7-6-8-10-15;;;/h6-13,17,21H,4-5H2,1-3H3;2*1H;/q;;;+2/p-2. The first-order chi connectivity index (χ1) is 11.6. The van der Waals surface area contributed by atoms with Crippen molar-refractivity contribution in [2.24, 2.45) is 4.99 Å². The summed E-state index contributed by atoms with van der Waals surface area (Å²) in [5, 5.41) is 10.5. The van der Waals surface area contributed by atoms with Crippen LogP contribution in [0.2, 0.25) is 0 Å². The van der Waals surface area contributed by atoms with Crippen LogP contribution in [0, 0.1) is 6.92 Å². The van der Waals surface area contributed by atoms with Crippen molar-refractivity contribution >= 4 is 23.2 Å². The average Bonchev–Trinajstić information content (AvgIpc) is 2.60. The molecule has 0 aliphatic carbocycles. The third kappa shape index (κ3) is 6.71. The van der Waals surface area contributed by atoms with Crippen molar-refractivity contribution < 1.29 is 26.0 Å². The summed E-state index contributed by atoms with van der Waals surface area (Å²) in [4.78, 5) is 4.58. The zero-order valence-electron chi connectivity index (χ0n) is 14.3. The molecule has 2 aromatic carbocycles. The molecule has 0 atom stereocenters. The van der Waals surface area contributed by atoms with Gasteiger partial charge in [-0.1, -0.05) is 44.2 Å². The minimum atomic E-state index is -0.826. The maximum atomic E-state index is 10.5. The minimum absolute atomic E-state index is 0.307. The molecule has 0 radical (unpaired) electrons. The van der Waals surface area contributed by atoms with Crippen LogP contribution in [0.5, 0.6) is 5.75 Å². The Balaban J connectivity index is 0.000000891. The van der Waals surface area contributed by atoms with Crippen LogP contribution in [0.1, 0.15) is 37.8 Å². The van der Waals surface area contributed by atoms with E-state index in [1.54, 1.807) is 0 Å². The Morgan fingerprint density at radius 2 is 1.71 bits per heavy atom. The van der Waals surface area contributed by atoms with Gasteiger partial charge in [0.05, 0.1) is 0 Å². The summed E-state index contributed by atoms with van der Waals surface area (Å²) < 4.78 is 0. The van der Waals surface area contributed by atoms with Crippen molar-refractivity contribution in [1.82, 2.24) is 0 Å². The molecule has 2 aromatic rings. The summed E-state index contributed by atoms with van der Waals surface area (Å²) in [6.07, 6.45) is 3.85. The monoisotopic (exact) mass is 441 g/mol. The third-order valence-electron chi connectivity index (χ3n) is 3.74. The van der Waals surface area contributed by atoms with Gasteiger partial charge in [-0.3, -0.25) is 4.99 Å². The van der Waals surface area contributed by atoms with Gasteiger partial charge in [-0.15, -0.1) is 0 Å². The van der Waals surface area contributed by atoms with Gasteiger partial charge in [-0.25, -0.2) is 0 Å². The molecule has 0 aromatic heterocycles. The molecule has 0 aliphatic rings. The first kappa shape index (κ1) is 21.4. The number of aliphatic imine (C=N–C) groups is 1. The molecule has 0 aliphatic heterocycles. The Kier molecular flexibility index (Phi) is 10.6. The maximum absolute atomic E-state index is 10.5. The topological polar surface area (TPSA) is 32.6 Å². The molecule has 2 rings (SSSR count). The molecule has 0 heterocycles. The number of halogens is 2. The fraction of sp³-hybridized carbons (Fsp3) is 0.316. The van der Waals surface area contributed by atoms with E-state index >= 15 is 0 Å². The van der Waals surface area contributed by atoms with Crippen LogP contribution in [0.25, 0.3) is 11.1 Å². The molecule has 0 amide bonds. The van der Waals surface area contributed by atoms with Crippen LogP contribution in [0.3, 0.4) is 0 Å². The quantitative estimate of drug-likeness (QED) is 0.537. The summed E-state index contributed by atoms with van der Waals surface area (Å²) in [7, 11) is 9.87. The van der Waals surface area contributed by atoms with Crippen molar-refractivity contribution in [2.75, 3.05) is 0 Å². The van der Waals surface area contributed by atoms with E-state index < -0.39 is 20.8 Å². The second kappa shape index (κ2) is 11.8. The van der Waals surface area contributed by atoms with Crippen LogP contribution in [0.15, 0.2) is 47.5 Å². The Hall–Kier alpha value is -0.627. The predicted molar refractivity (Wildman–Crippen MR) is 102 cm³/mol. The number of benzene rings is 2. The Labute approximate surface area is 163 Å². The van der Waals surface area contributed by atoms with Gasteiger partial charge in [0, 0.05) is 23.4 Å². The van der Waals surface area contributed by atoms with Gasteiger partial charge in [0.15, 0.2) is 0 Å². The summed E-state index contributed by atoms with van der Waals surface area (Å²) in [6, 6.07) is 14.3. The molecule has 0 saturated heterocycles. The van der Waals surface area contributed by atoms with Crippen LogP contribution in [-0.2, 0) is 20.8 Å². The summed E-state index contributed by atoms with van der Waals surface area (Å²) >= 11 is -0.826. The number of aromatic hydroxyl groups is 1. The summed E-state index contributed by atoms with van der Waals surface area (Å²) in [5.41, 5.74) is 3.80. The average molecular weight is 444 g/mol. The molecule has 0 unspecified atom stereocenters. The van der Waals surface area contributed by atoms with Gasteiger partial charge < -0.3 is 5.11 Å². The molecule has 2 nitrogen and oxygen atoms in total. The number of phenolic OH excluding ortho intramolecular Hbond substituents is 1. The van der Waals surface area contributed by atoms with E-state index in [0.29, 0.717) is 11.8 Å². The summed E-state index contributed by atoms with van der Waals surface area (Å²) in [5.74, 6) is 0.307. The zero-order valence-corrected chi connectivity index (χ0v) is 18.2. The Bertz CT molecular complexity index is 643. The van der Waals surface area contributed by atoms with Crippen LogP contribution in [0.4, 0.5) is 0 Å². The number of rotatable bonds is 5. The number of phenols is 1. The fourth-order valence-electron chi connectivity index (χ4n) is 2.43.